The number of H-pyrrole nitrogens is 1. The zero-order valence-corrected chi connectivity index (χ0v) is 16.4. The number of methoxy groups -OCH3 is 1. The molecule has 0 aliphatic rings. The molecule has 0 spiro atoms. The van der Waals surface area contributed by atoms with Crippen LogP contribution in [-0.4, -0.2) is 40.7 Å². The van der Waals surface area contributed by atoms with E-state index >= 15 is 0 Å². The van der Waals surface area contributed by atoms with Gasteiger partial charge in [0.2, 0.25) is 5.91 Å². The first-order chi connectivity index (χ1) is 13.4. The maximum Gasteiger partial charge on any atom is 0.311 e. The summed E-state index contributed by atoms with van der Waals surface area (Å²) in [6, 6.07) is 12.3. The number of hydrogen-bond acceptors (Lipinski definition) is 7. The molecule has 28 heavy (non-hydrogen) atoms. The Kier molecular flexibility index (Phi) is 7.77. The highest BCUT2D eigenvalue weighted by Gasteiger charge is 2.23. The molecule has 1 aromatic heterocycles. The molecule has 0 aliphatic heterocycles. The van der Waals surface area contributed by atoms with Crippen molar-refractivity contribution in [2.24, 2.45) is 0 Å². The van der Waals surface area contributed by atoms with E-state index in [-0.39, 0.29) is 36.1 Å². The third-order valence-electron chi connectivity index (χ3n) is 3.74. The molecule has 0 aliphatic carbocycles. The lowest BCUT2D eigenvalue weighted by Gasteiger charge is -2.24. The van der Waals surface area contributed by atoms with E-state index in [1.54, 1.807) is 19.1 Å². The number of aromatic amines is 1. The average molecular weight is 400 g/mol. The summed E-state index contributed by atoms with van der Waals surface area (Å²) in [5, 5.41) is 8.55. The molecule has 146 valence electrons. The Labute approximate surface area is 166 Å². The number of benzene rings is 1. The highest BCUT2D eigenvalue weighted by Crippen LogP contribution is 2.23. The first-order valence-electron chi connectivity index (χ1n) is 8.51. The van der Waals surface area contributed by atoms with Gasteiger partial charge >= 0.3 is 5.97 Å². The fourth-order valence-corrected chi connectivity index (χ4v) is 3.32. The monoisotopic (exact) mass is 400 g/mol. The van der Waals surface area contributed by atoms with Crippen LogP contribution < -0.4 is 10.5 Å². The number of anilines is 1. The Morgan fingerprint density at radius 2 is 2.07 bits per heavy atom. The lowest BCUT2D eigenvalue weighted by Crippen LogP contribution is -2.37. The van der Waals surface area contributed by atoms with E-state index in [1.165, 1.54) is 18.1 Å². The maximum absolute atomic E-state index is 12.9. The summed E-state index contributed by atoms with van der Waals surface area (Å²) in [6.07, 6.45) is 0.0658. The number of nitriles is 1. The van der Waals surface area contributed by atoms with Crippen LogP contribution in [0.3, 0.4) is 0 Å². The summed E-state index contributed by atoms with van der Waals surface area (Å²) >= 11 is 1.08. The number of aromatic nitrogens is 2. The third kappa shape index (κ3) is 5.96. The summed E-state index contributed by atoms with van der Waals surface area (Å²) in [5.74, 6) is -0.725. The Bertz CT molecular complexity index is 924. The molecule has 0 fully saturated rings. The molecule has 0 radical (unpaired) electrons. The minimum absolute atomic E-state index is 0.130. The van der Waals surface area contributed by atoms with Gasteiger partial charge in [-0.2, -0.15) is 5.26 Å². The van der Waals surface area contributed by atoms with Gasteiger partial charge in [-0.1, -0.05) is 30.0 Å². The second-order valence-corrected chi connectivity index (χ2v) is 7.12. The highest BCUT2D eigenvalue weighted by molar-refractivity contribution is 8.00. The van der Waals surface area contributed by atoms with Crippen molar-refractivity contribution in [3.05, 3.63) is 52.4 Å². The molecular weight excluding hydrogens is 380 g/mol. The van der Waals surface area contributed by atoms with Crippen LogP contribution in [0.2, 0.25) is 0 Å². The van der Waals surface area contributed by atoms with Crippen LogP contribution in [0, 0.1) is 11.3 Å². The first-order valence-corrected chi connectivity index (χ1v) is 9.39. The van der Waals surface area contributed by atoms with Gasteiger partial charge in [0.1, 0.15) is 0 Å². The number of amides is 1. The standard InChI is InChI=1S/C19H20N4O4S/c1-13(18(26)23(10-6-9-20)15-7-4-3-5-8-15)28-19-21-14(11-16(24)22-19)12-17(25)27-2/h3-5,7-8,11,13H,6,10,12H2,1-2H3,(H,21,22,24)/t13-/m1/s1. The lowest BCUT2D eigenvalue weighted by molar-refractivity contribution is -0.139. The number of esters is 1. The molecule has 1 aromatic carbocycles. The second kappa shape index (κ2) is 10.3. The SMILES string of the molecule is COC(=O)Cc1cc(=O)[nH]c(S[C@H](C)C(=O)N(CCC#N)c2ccccc2)n1. The van der Waals surface area contributed by atoms with E-state index in [9.17, 15) is 14.4 Å². The fourth-order valence-electron chi connectivity index (χ4n) is 2.42. The third-order valence-corrected chi connectivity index (χ3v) is 4.72. The summed E-state index contributed by atoms with van der Waals surface area (Å²) in [4.78, 5) is 44.5. The number of nitrogens with one attached hydrogen (secondary N) is 1. The minimum Gasteiger partial charge on any atom is -0.469 e. The number of carbonyl (C=O) groups excluding carboxylic acids is 2. The van der Waals surface area contributed by atoms with Crippen molar-refractivity contribution in [1.29, 1.82) is 5.26 Å². The number of carbonyl (C=O) groups is 2. The van der Waals surface area contributed by atoms with Crippen molar-refractivity contribution < 1.29 is 14.3 Å². The molecule has 0 saturated heterocycles. The van der Waals surface area contributed by atoms with Gasteiger partial charge in [-0.3, -0.25) is 14.4 Å². The summed E-state index contributed by atoms with van der Waals surface area (Å²) in [7, 11) is 1.26. The van der Waals surface area contributed by atoms with Crippen LogP contribution in [0.15, 0.2) is 46.3 Å². The van der Waals surface area contributed by atoms with Crippen LogP contribution >= 0.6 is 11.8 Å². The molecule has 0 saturated carbocycles. The smallest absolute Gasteiger partial charge is 0.311 e. The van der Waals surface area contributed by atoms with Gasteiger partial charge in [-0.25, -0.2) is 4.98 Å². The van der Waals surface area contributed by atoms with Crippen molar-refractivity contribution >= 4 is 29.3 Å². The van der Waals surface area contributed by atoms with Gasteiger partial charge in [0, 0.05) is 18.3 Å². The Balaban J connectivity index is 2.19. The normalized spacial score (nSPS) is 11.3. The second-order valence-electron chi connectivity index (χ2n) is 5.79. The molecule has 8 nitrogen and oxygen atoms in total. The van der Waals surface area contributed by atoms with Crippen LogP contribution in [0.5, 0.6) is 0 Å². The minimum atomic E-state index is -0.574. The van der Waals surface area contributed by atoms with Gasteiger partial charge in [-0.15, -0.1) is 0 Å². The van der Waals surface area contributed by atoms with Gasteiger partial charge in [0.05, 0.1) is 37.0 Å². The summed E-state index contributed by atoms with van der Waals surface area (Å²) in [5.41, 5.74) is 0.540. The predicted molar refractivity (Wildman–Crippen MR) is 105 cm³/mol. The summed E-state index contributed by atoms with van der Waals surface area (Å²) < 4.78 is 4.59. The molecule has 1 N–H and O–H groups in total. The van der Waals surface area contributed by atoms with Crippen LogP contribution in [0.1, 0.15) is 19.0 Å². The molecule has 1 amide bonds. The van der Waals surface area contributed by atoms with Gasteiger partial charge < -0.3 is 14.6 Å². The number of ether oxygens (including phenoxy) is 1. The zero-order chi connectivity index (χ0) is 20.5. The number of thioether (sulfide) groups is 1. The van der Waals surface area contributed by atoms with Crippen molar-refractivity contribution in [3.8, 4) is 6.07 Å². The summed E-state index contributed by atoms with van der Waals surface area (Å²) in [6.45, 7) is 1.96. The van der Waals surface area contributed by atoms with E-state index < -0.39 is 16.8 Å². The Morgan fingerprint density at radius 1 is 1.36 bits per heavy atom. The van der Waals surface area contributed by atoms with E-state index in [0.29, 0.717) is 5.69 Å². The van der Waals surface area contributed by atoms with E-state index in [0.717, 1.165) is 11.8 Å². The molecule has 0 bridgehead atoms. The number of hydrogen-bond donors (Lipinski definition) is 1. The predicted octanol–water partition coefficient (Wildman–Crippen LogP) is 1.91. The van der Waals surface area contributed by atoms with E-state index in [1.807, 2.05) is 24.3 Å². The average Bonchev–Trinajstić information content (AvgIpc) is 2.68. The fraction of sp³-hybridized carbons (Fsp3) is 0.316. The molecule has 9 heteroatoms. The van der Waals surface area contributed by atoms with Crippen molar-refractivity contribution in [1.82, 2.24) is 9.97 Å². The largest absolute Gasteiger partial charge is 0.469 e. The quantitative estimate of drug-likeness (QED) is 0.409. The Morgan fingerprint density at radius 3 is 2.71 bits per heavy atom. The van der Waals surface area contributed by atoms with Crippen molar-refractivity contribution in [2.75, 3.05) is 18.6 Å². The van der Waals surface area contributed by atoms with Crippen molar-refractivity contribution in [2.45, 2.75) is 30.2 Å². The molecule has 1 heterocycles. The zero-order valence-electron chi connectivity index (χ0n) is 15.5. The molecule has 1 atom stereocenters. The van der Waals surface area contributed by atoms with E-state index in [2.05, 4.69) is 14.7 Å². The highest BCUT2D eigenvalue weighted by atomic mass is 32.2. The van der Waals surface area contributed by atoms with Crippen LogP contribution in [-0.2, 0) is 20.7 Å². The number of para-hydroxylation sites is 1. The lowest BCUT2D eigenvalue weighted by atomic mass is 10.2. The first kappa shape index (κ1) is 21.2. The Hall–Kier alpha value is -3.12. The van der Waals surface area contributed by atoms with Crippen molar-refractivity contribution in [3.63, 3.8) is 0 Å². The van der Waals surface area contributed by atoms with E-state index in [4.69, 9.17) is 5.26 Å². The topological polar surface area (TPSA) is 116 Å². The van der Waals surface area contributed by atoms with Gasteiger partial charge in [-0.05, 0) is 19.1 Å². The molecule has 0 unspecified atom stereocenters. The van der Waals surface area contributed by atoms with Crippen LogP contribution in [0.4, 0.5) is 5.69 Å². The van der Waals surface area contributed by atoms with Crippen LogP contribution in [0.25, 0.3) is 0 Å². The number of nitrogens with zero attached hydrogens (tertiary/aromatic N) is 3. The maximum atomic E-state index is 12.9. The van der Waals surface area contributed by atoms with Gasteiger partial charge in [0.15, 0.2) is 5.16 Å². The molecular formula is C19H20N4O4S. The molecule has 2 aromatic rings. The molecule has 2 rings (SSSR count). The van der Waals surface area contributed by atoms with Gasteiger partial charge in [0.25, 0.3) is 5.56 Å². The number of rotatable bonds is 8.